The van der Waals surface area contributed by atoms with Crippen LogP contribution < -0.4 is 5.32 Å². The van der Waals surface area contributed by atoms with Gasteiger partial charge in [-0.1, -0.05) is 0 Å². The third-order valence-electron chi connectivity index (χ3n) is 3.45. The predicted octanol–water partition coefficient (Wildman–Crippen LogP) is 2.25. The van der Waals surface area contributed by atoms with Gasteiger partial charge in [0.05, 0.1) is 0 Å². The smallest absolute Gasteiger partial charge is 0.167 e. The van der Waals surface area contributed by atoms with Crippen LogP contribution in [-0.4, -0.2) is 37.9 Å². The Morgan fingerprint density at radius 3 is 2.65 bits per heavy atom. The first-order valence-electron chi connectivity index (χ1n) is 6.21. The number of nitrogens with one attached hydrogen (secondary N) is 1. The summed E-state index contributed by atoms with van der Waals surface area (Å²) in [6.45, 7) is 2.01. The molecular weight excluding hydrogens is 212 g/mol. The summed E-state index contributed by atoms with van der Waals surface area (Å²) in [5.41, 5.74) is 1.88. The van der Waals surface area contributed by atoms with E-state index in [1.165, 1.54) is 0 Å². The Balaban J connectivity index is 2.07. The molecule has 0 aliphatic carbocycles. The largest absolute Gasteiger partial charge is 0.388 e. The van der Waals surface area contributed by atoms with E-state index in [0.29, 0.717) is 5.78 Å². The molecule has 3 heteroatoms. The molecule has 3 nitrogen and oxygen atoms in total. The Labute approximate surface area is 103 Å². The molecule has 92 valence electrons. The second-order valence-electron chi connectivity index (χ2n) is 4.79. The van der Waals surface area contributed by atoms with E-state index in [1.807, 2.05) is 31.3 Å². The second kappa shape index (κ2) is 5.32. The third-order valence-corrected chi connectivity index (χ3v) is 3.45. The van der Waals surface area contributed by atoms with Crippen molar-refractivity contribution in [2.75, 3.05) is 32.5 Å². The lowest BCUT2D eigenvalue weighted by molar-refractivity contribution is 0.0843. The number of likely N-dealkylation sites (tertiary alicyclic amines) is 1. The molecule has 1 saturated heterocycles. The van der Waals surface area contributed by atoms with Crippen LogP contribution in [0.5, 0.6) is 0 Å². The molecule has 0 saturated carbocycles. The van der Waals surface area contributed by atoms with Crippen LogP contribution in [0.3, 0.4) is 0 Å². The van der Waals surface area contributed by atoms with Crippen molar-refractivity contribution < 1.29 is 4.79 Å². The van der Waals surface area contributed by atoms with Gasteiger partial charge in [-0.15, -0.1) is 0 Å². The standard InChI is InChI=1S/C14H20N2O/c1-15-13-7-5-11(6-8-13)14(17)12-4-3-9-16(2)10-12/h5-8,12,15H,3-4,9-10H2,1-2H3. The first kappa shape index (κ1) is 12.1. The molecule has 1 aliphatic heterocycles. The zero-order valence-electron chi connectivity index (χ0n) is 10.6. The minimum Gasteiger partial charge on any atom is -0.388 e. The van der Waals surface area contributed by atoms with Gasteiger partial charge in [0.25, 0.3) is 0 Å². The topological polar surface area (TPSA) is 32.3 Å². The maximum atomic E-state index is 12.3. The van der Waals surface area contributed by atoms with Crippen LogP contribution in [0, 0.1) is 5.92 Å². The lowest BCUT2D eigenvalue weighted by Gasteiger charge is -2.28. The Morgan fingerprint density at radius 2 is 2.06 bits per heavy atom. The number of anilines is 1. The fourth-order valence-corrected chi connectivity index (χ4v) is 2.42. The van der Waals surface area contributed by atoms with E-state index in [9.17, 15) is 4.79 Å². The highest BCUT2D eigenvalue weighted by Crippen LogP contribution is 2.20. The monoisotopic (exact) mass is 232 g/mol. The lowest BCUT2D eigenvalue weighted by Crippen LogP contribution is -2.36. The molecule has 1 heterocycles. The van der Waals surface area contributed by atoms with Crippen LogP contribution >= 0.6 is 0 Å². The van der Waals surface area contributed by atoms with Crippen LogP contribution in [-0.2, 0) is 0 Å². The van der Waals surface area contributed by atoms with Gasteiger partial charge in [0.2, 0.25) is 0 Å². The minimum absolute atomic E-state index is 0.175. The summed E-state index contributed by atoms with van der Waals surface area (Å²) in [6.07, 6.45) is 2.15. The minimum atomic E-state index is 0.175. The number of hydrogen-bond donors (Lipinski definition) is 1. The van der Waals surface area contributed by atoms with Crippen molar-refractivity contribution >= 4 is 11.5 Å². The van der Waals surface area contributed by atoms with Gasteiger partial charge in [0.1, 0.15) is 0 Å². The van der Waals surface area contributed by atoms with Crippen LogP contribution in [0.4, 0.5) is 5.69 Å². The maximum Gasteiger partial charge on any atom is 0.167 e. The van der Waals surface area contributed by atoms with Gasteiger partial charge < -0.3 is 10.2 Å². The van der Waals surface area contributed by atoms with Crippen LogP contribution in [0.2, 0.25) is 0 Å². The molecule has 1 atom stereocenters. The summed E-state index contributed by atoms with van der Waals surface area (Å²) in [4.78, 5) is 14.5. The molecule has 1 aliphatic rings. The first-order chi connectivity index (χ1) is 8.20. The van der Waals surface area contributed by atoms with E-state index >= 15 is 0 Å². The summed E-state index contributed by atoms with van der Waals surface area (Å²) in [5.74, 6) is 0.466. The fraction of sp³-hybridized carbons (Fsp3) is 0.500. The van der Waals surface area contributed by atoms with Crippen molar-refractivity contribution in [2.45, 2.75) is 12.8 Å². The van der Waals surface area contributed by atoms with Gasteiger partial charge in [0.15, 0.2) is 5.78 Å². The molecular formula is C14H20N2O. The van der Waals surface area contributed by atoms with Crippen LogP contribution in [0.25, 0.3) is 0 Å². The van der Waals surface area contributed by atoms with Crippen molar-refractivity contribution in [1.29, 1.82) is 0 Å². The Bertz CT molecular complexity index is 386. The van der Waals surface area contributed by atoms with Crippen LogP contribution in [0.15, 0.2) is 24.3 Å². The SMILES string of the molecule is CNc1ccc(C(=O)C2CCCN(C)C2)cc1. The highest BCUT2D eigenvalue weighted by atomic mass is 16.1. The molecule has 0 spiro atoms. The first-order valence-corrected chi connectivity index (χ1v) is 6.21. The second-order valence-corrected chi connectivity index (χ2v) is 4.79. The molecule has 1 N–H and O–H groups in total. The number of nitrogens with zero attached hydrogens (tertiary/aromatic N) is 1. The number of ketones is 1. The fourth-order valence-electron chi connectivity index (χ4n) is 2.42. The number of hydrogen-bond acceptors (Lipinski definition) is 3. The summed E-state index contributed by atoms with van der Waals surface area (Å²) >= 11 is 0. The Hall–Kier alpha value is -1.35. The normalized spacial score (nSPS) is 21.2. The summed E-state index contributed by atoms with van der Waals surface area (Å²) < 4.78 is 0. The molecule has 1 aromatic carbocycles. The van der Waals surface area contributed by atoms with Crippen LogP contribution in [0.1, 0.15) is 23.2 Å². The summed E-state index contributed by atoms with van der Waals surface area (Å²) in [6, 6.07) is 7.76. The lowest BCUT2D eigenvalue weighted by atomic mass is 9.90. The number of Topliss-reactive ketones (excluding diaryl/α,β-unsaturated/α-hetero) is 1. The molecule has 0 aromatic heterocycles. The van der Waals surface area contributed by atoms with E-state index in [2.05, 4.69) is 17.3 Å². The highest BCUT2D eigenvalue weighted by Gasteiger charge is 2.24. The molecule has 1 aromatic rings. The maximum absolute atomic E-state index is 12.3. The van der Waals surface area contributed by atoms with E-state index < -0.39 is 0 Å². The van der Waals surface area contributed by atoms with Gasteiger partial charge in [-0.2, -0.15) is 0 Å². The number of carbonyl (C=O) groups is 1. The molecule has 1 unspecified atom stereocenters. The van der Waals surface area contributed by atoms with E-state index in [0.717, 1.165) is 37.2 Å². The Morgan fingerprint density at radius 1 is 1.35 bits per heavy atom. The number of piperidine rings is 1. The van der Waals surface area contributed by atoms with Crippen molar-refractivity contribution in [2.24, 2.45) is 5.92 Å². The van der Waals surface area contributed by atoms with Gasteiger partial charge in [-0.05, 0) is 50.7 Å². The average Bonchev–Trinajstić information content (AvgIpc) is 2.38. The van der Waals surface area contributed by atoms with Gasteiger partial charge in [-0.3, -0.25) is 4.79 Å². The molecule has 2 rings (SSSR count). The highest BCUT2D eigenvalue weighted by molar-refractivity contribution is 5.98. The quantitative estimate of drug-likeness (QED) is 0.811. The number of benzene rings is 1. The molecule has 0 amide bonds. The molecule has 1 fully saturated rings. The van der Waals surface area contributed by atoms with Gasteiger partial charge >= 0.3 is 0 Å². The zero-order valence-corrected chi connectivity index (χ0v) is 10.6. The van der Waals surface area contributed by atoms with Crippen molar-refractivity contribution in [1.82, 2.24) is 4.90 Å². The number of carbonyl (C=O) groups excluding carboxylic acids is 1. The number of rotatable bonds is 3. The summed E-state index contributed by atoms with van der Waals surface area (Å²) in [7, 11) is 3.97. The van der Waals surface area contributed by atoms with E-state index in [4.69, 9.17) is 0 Å². The van der Waals surface area contributed by atoms with E-state index in [1.54, 1.807) is 0 Å². The average molecular weight is 232 g/mol. The molecule has 17 heavy (non-hydrogen) atoms. The molecule has 0 radical (unpaired) electrons. The van der Waals surface area contributed by atoms with Gasteiger partial charge in [-0.25, -0.2) is 0 Å². The zero-order chi connectivity index (χ0) is 12.3. The third kappa shape index (κ3) is 2.86. The van der Waals surface area contributed by atoms with E-state index in [-0.39, 0.29) is 5.92 Å². The predicted molar refractivity (Wildman–Crippen MR) is 70.5 cm³/mol. The van der Waals surface area contributed by atoms with Crippen molar-refractivity contribution in [3.63, 3.8) is 0 Å². The molecule has 0 bridgehead atoms. The summed E-state index contributed by atoms with van der Waals surface area (Å²) in [5, 5.41) is 3.06. The van der Waals surface area contributed by atoms with Crippen molar-refractivity contribution in [3.05, 3.63) is 29.8 Å². The van der Waals surface area contributed by atoms with Gasteiger partial charge in [0, 0.05) is 30.8 Å². The van der Waals surface area contributed by atoms with Crippen molar-refractivity contribution in [3.8, 4) is 0 Å². The Kier molecular flexibility index (Phi) is 3.79.